The maximum atomic E-state index is 13.7. The highest BCUT2D eigenvalue weighted by atomic mass is 32.1. The fourth-order valence-electron chi connectivity index (χ4n) is 2.28. The van der Waals surface area contributed by atoms with Crippen molar-refractivity contribution in [3.63, 3.8) is 0 Å². The summed E-state index contributed by atoms with van der Waals surface area (Å²) in [6, 6.07) is 9.58. The van der Waals surface area contributed by atoms with Gasteiger partial charge in [0.05, 0.1) is 16.1 Å². The van der Waals surface area contributed by atoms with Gasteiger partial charge in [0.1, 0.15) is 10.7 Å². The van der Waals surface area contributed by atoms with Gasteiger partial charge in [-0.3, -0.25) is 10.1 Å². The van der Waals surface area contributed by atoms with E-state index in [0.29, 0.717) is 27.4 Å². The minimum Gasteiger partial charge on any atom is -0.333 e. The zero-order valence-electron chi connectivity index (χ0n) is 13.4. The van der Waals surface area contributed by atoms with Crippen LogP contribution >= 0.6 is 22.7 Å². The Bertz CT molecular complexity index is 1070. The molecular weight excluding hydrogens is 375 g/mol. The molecule has 1 aromatic carbocycles. The number of nitrogens with zero attached hydrogens (tertiary/aromatic N) is 3. The Morgan fingerprint density at radius 1 is 1.19 bits per heavy atom. The van der Waals surface area contributed by atoms with E-state index in [1.54, 1.807) is 13.0 Å². The third-order valence-corrected chi connectivity index (χ3v) is 5.42. The van der Waals surface area contributed by atoms with Gasteiger partial charge in [-0.05, 0) is 30.5 Å². The number of anilines is 1. The molecule has 0 aliphatic heterocycles. The third kappa shape index (κ3) is 3.14. The quantitative estimate of drug-likeness (QED) is 0.553. The Morgan fingerprint density at radius 3 is 2.81 bits per heavy atom. The first-order valence-corrected chi connectivity index (χ1v) is 9.22. The summed E-state index contributed by atoms with van der Waals surface area (Å²) in [6.45, 7) is 1.78. The highest BCUT2D eigenvalue weighted by molar-refractivity contribution is 7.19. The second kappa shape index (κ2) is 6.77. The van der Waals surface area contributed by atoms with Gasteiger partial charge in [-0.1, -0.05) is 34.7 Å². The molecule has 0 bridgehead atoms. The van der Waals surface area contributed by atoms with Crippen molar-refractivity contribution in [3.05, 3.63) is 58.9 Å². The number of thiophene rings is 1. The second-order valence-corrected chi connectivity index (χ2v) is 7.21. The molecule has 4 rings (SSSR count). The highest BCUT2D eigenvalue weighted by Crippen LogP contribution is 2.33. The topological polar surface area (TPSA) is 80.9 Å². The van der Waals surface area contributed by atoms with Gasteiger partial charge in [0, 0.05) is 0 Å². The van der Waals surface area contributed by atoms with Crippen LogP contribution < -0.4 is 5.32 Å². The van der Waals surface area contributed by atoms with Crippen LogP contribution in [0, 0.1) is 12.7 Å². The molecule has 1 N–H and O–H groups in total. The Kier molecular flexibility index (Phi) is 4.31. The highest BCUT2D eigenvalue weighted by Gasteiger charge is 2.19. The largest absolute Gasteiger partial charge is 0.333 e. The first-order chi connectivity index (χ1) is 12.6. The van der Waals surface area contributed by atoms with Crippen molar-refractivity contribution in [2.75, 3.05) is 5.32 Å². The van der Waals surface area contributed by atoms with Crippen LogP contribution in [0.2, 0.25) is 0 Å². The molecule has 0 aliphatic carbocycles. The Morgan fingerprint density at radius 2 is 2.04 bits per heavy atom. The minimum atomic E-state index is -0.587. The van der Waals surface area contributed by atoms with Crippen LogP contribution in [-0.4, -0.2) is 21.0 Å². The Hall–Kier alpha value is -2.91. The molecule has 0 fully saturated rings. The number of amides is 1. The van der Waals surface area contributed by atoms with E-state index in [0.717, 1.165) is 4.88 Å². The van der Waals surface area contributed by atoms with Gasteiger partial charge >= 0.3 is 0 Å². The molecule has 3 aromatic heterocycles. The maximum Gasteiger partial charge on any atom is 0.270 e. The molecule has 3 heterocycles. The summed E-state index contributed by atoms with van der Waals surface area (Å²) < 4.78 is 19.0. The Labute approximate surface area is 155 Å². The second-order valence-electron chi connectivity index (χ2n) is 5.27. The van der Waals surface area contributed by atoms with E-state index < -0.39 is 11.7 Å². The van der Waals surface area contributed by atoms with Crippen molar-refractivity contribution in [2.45, 2.75) is 6.92 Å². The van der Waals surface area contributed by atoms with Gasteiger partial charge in [-0.15, -0.1) is 11.3 Å². The molecule has 6 nitrogen and oxygen atoms in total. The molecule has 9 heteroatoms. The normalized spacial score (nSPS) is 10.8. The molecular formula is C17H11FN4O2S2. The molecule has 1 amide bonds. The standard InChI is InChI=1S/C17H11FN4O2S2/c1-9-13(16-20-14(22-24-16)12-7-4-8-25-12)26-17(19-9)21-15(23)10-5-2-3-6-11(10)18/h2-8H,1H3,(H,19,21,23). The van der Waals surface area contributed by atoms with Gasteiger partial charge in [0.15, 0.2) is 5.13 Å². The van der Waals surface area contributed by atoms with Crippen LogP contribution in [0.15, 0.2) is 46.3 Å². The lowest BCUT2D eigenvalue weighted by molar-refractivity contribution is 0.102. The first-order valence-electron chi connectivity index (χ1n) is 7.53. The van der Waals surface area contributed by atoms with Gasteiger partial charge in [-0.2, -0.15) is 4.98 Å². The zero-order valence-corrected chi connectivity index (χ0v) is 15.0. The van der Waals surface area contributed by atoms with Crippen LogP contribution in [0.1, 0.15) is 16.1 Å². The summed E-state index contributed by atoms with van der Waals surface area (Å²) in [4.78, 5) is 22.4. The smallest absolute Gasteiger partial charge is 0.270 e. The number of aromatic nitrogens is 3. The lowest BCUT2D eigenvalue weighted by atomic mass is 10.2. The molecule has 26 heavy (non-hydrogen) atoms. The summed E-state index contributed by atoms with van der Waals surface area (Å²) in [5.41, 5.74) is 0.597. The summed E-state index contributed by atoms with van der Waals surface area (Å²) in [7, 11) is 0. The average Bonchev–Trinajstić information content (AvgIpc) is 3.35. The molecule has 0 radical (unpaired) electrons. The van der Waals surface area contributed by atoms with Crippen LogP contribution in [0.3, 0.4) is 0 Å². The van der Waals surface area contributed by atoms with E-state index in [1.165, 1.54) is 40.9 Å². The first kappa shape index (κ1) is 16.6. The number of rotatable bonds is 4. The molecule has 0 unspecified atom stereocenters. The SMILES string of the molecule is Cc1nc(NC(=O)c2ccccc2F)sc1-c1nc(-c2cccs2)no1. The number of hydrogen-bond donors (Lipinski definition) is 1. The molecule has 0 atom stereocenters. The van der Waals surface area contributed by atoms with Crippen LogP contribution in [0.25, 0.3) is 21.5 Å². The van der Waals surface area contributed by atoms with E-state index in [9.17, 15) is 9.18 Å². The third-order valence-electron chi connectivity index (χ3n) is 3.50. The number of carbonyl (C=O) groups is 1. The number of aryl methyl sites for hydroxylation is 1. The van der Waals surface area contributed by atoms with E-state index in [-0.39, 0.29) is 5.56 Å². The lowest BCUT2D eigenvalue weighted by Gasteiger charge is -2.02. The fourth-order valence-corrected chi connectivity index (χ4v) is 3.81. The van der Waals surface area contributed by atoms with Gasteiger partial charge < -0.3 is 4.52 Å². The van der Waals surface area contributed by atoms with Crippen LogP contribution in [0.4, 0.5) is 9.52 Å². The van der Waals surface area contributed by atoms with E-state index in [1.807, 2.05) is 17.5 Å². The molecule has 0 spiro atoms. The van der Waals surface area contributed by atoms with E-state index >= 15 is 0 Å². The number of halogens is 1. The van der Waals surface area contributed by atoms with Crippen molar-refractivity contribution in [3.8, 4) is 21.5 Å². The number of nitrogens with one attached hydrogen (secondary N) is 1. The maximum absolute atomic E-state index is 13.7. The van der Waals surface area contributed by atoms with Crippen molar-refractivity contribution >= 4 is 33.7 Å². The number of benzene rings is 1. The fraction of sp³-hybridized carbons (Fsp3) is 0.0588. The van der Waals surface area contributed by atoms with E-state index in [2.05, 4.69) is 20.4 Å². The van der Waals surface area contributed by atoms with Crippen molar-refractivity contribution in [1.82, 2.24) is 15.1 Å². The summed E-state index contributed by atoms with van der Waals surface area (Å²) in [5, 5.41) is 8.84. The van der Waals surface area contributed by atoms with E-state index in [4.69, 9.17) is 4.52 Å². The molecule has 0 saturated carbocycles. The predicted molar refractivity (Wildman–Crippen MR) is 97.8 cm³/mol. The lowest BCUT2D eigenvalue weighted by Crippen LogP contribution is -2.13. The van der Waals surface area contributed by atoms with Crippen LogP contribution in [-0.2, 0) is 0 Å². The van der Waals surface area contributed by atoms with Crippen molar-refractivity contribution in [2.24, 2.45) is 0 Å². The molecule has 0 saturated heterocycles. The summed E-state index contributed by atoms with van der Waals surface area (Å²) in [5.74, 6) is -0.321. The molecule has 0 aliphatic rings. The molecule has 4 aromatic rings. The number of thiazole rings is 1. The van der Waals surface area contributed by atoms with Gasteiger partial charge in [0.2, 0.25) is 5.82 Å². The van der Waals surface area contributed by atoms with Gasteiger partial charge in [-0.25, -0.2) is 9.37 Å². The van der Waals surface area contributed by atoms with Gasteiger partial charge in [0.25, 0.3) is 11.8 Å². The predicted octanol–water partition coefficient (Wildman–Crippen LogP) is 4.62. The molecule has 130 valence electrons. The summed E-state index contributed by atoms with van der Waals surface area (Å²) in [6.07, 6.45) is 0. The summed E-state index contributed by atoms with van der Waals surface area (Å²) >= 11 is 2.71. The average molecular weight is 386 g/mol. The monoisotopic (exact) mass is 386 g/mol. The minimum absolute atomic E-state index is 0.0420. The number of hydrogen-bond acceptors (Lipinski definition) is 7. The van der Waals surface area contributed by atoms with Crippen molar-refractivity contribution in [1.29, 1.82) is 0 Å². The van der Waals surface area contributed by atoms with Crippen LogP contribution in [0.5, 0.6) is 0 Å². The van der Waals surface area contributed by atoms with Crippen molar-refractivity contribution < 1.29 is 13.7 Å². The Balaban J connectivity index is 1.58. The number of carbonyl (C=O) groups excluding carboxylic acids is 1. The zero-order chi connectivity index (χ0) is 18.1.